The molecular formula is C23H24N3O2+. The number of amides is 1. The molecule has 0 bridgehead atoms. The number of H-pyrrole nitrogens is 1. The maximum Gasteiger partial charge on any atom is 0.220 e. The van der Waals surface area contributed by atoms with Crippen LogP contribution >= 0.6 is 0 Å². The minimum atomic E-state index is -0.234. The lowest BCUT2D eigenvalue weighted by Gasteiger charge is -2.33. The van der Waals surface area contributed by atoms with Gasteiger partial charge in [0.25, 0.3) is 0 Å². The van der Waals surface area contributed by atoms with Crippen molar-refractivity contribution in [3.63, 3.8) is 0 Å². The number of aromatic amines is 1. The Bertz CT molecular complexity index is 1040. The number of nitrogens with zero attached hydrogens (tertiary/aromatic N) is 1. The molecule has 3 aromatic rings. The number of pyridine rings is 1. The largest absolute Gasteiger partial charge is 0.370 e. The van der Waals surface area contributed by atoms with Crippen molar-refractivity contribution < 1.29 is 14.6 Å². The van der Waals surface area contributed by atoms with E-state index in [4.69, 9.17) is 5.73 Å². The van der Waals surface area contributed by atoms with Gasteiger partial charge in [-0.25, -0.2) is 4.98 Å². The predicted octanol–water partition coefficient (Wildman–Crippen LogP) is 2.90. The molecule has 0 aliphatic carbocycles. The van der Waals surface area contributed by atoms with Gasteiger partial charge in [-0.1, -0.05) is 36.4 Å². The van der Waals surface area contributed by atoms with Gasteiger partial charge in [-0.3, -0.25) is 9.59 Å². The maximum absolute atomic E-state index is 13.3. The summed E-state index contributed by atoms with van der Waals surface area (Å²) >= 11 is 0. The van der Waals surface area contributed by atoms with E-state index in [2.05, 4.69) is 22.0 Å². The van der Waals surface area contributed by atoms with Crippen LogP contribution in [0.1, 0.15) is 34.3 Å². The monoisotopic (exact) mass is 374 g/mol. The molecular weight excluding hydrogens is 350 g/mol. The number of nitrogens with two attached hydrogens (primary N) is 1. The Labute approximate surface area is 164 Å². The minimum absolute atomic E-state index is 0.00715. The third kappa shape index (κ3) is 3.36. The molecule has 142 valence electrons. The average Bonchev–Trinajstić information content (AvgIpc) is 2.73. The second-order valence-electron chi connectivity index (χ2n) is 7.46. The van der Waals surface area contributed by atoms with Gasteiger partial charge in [0.05, 0.1) is 11.1 Å². The van der Waals surface area contributed by atoms with Crippen LogP contribution < -0.4 is 15.6 Å². The summed E-state index contributed by atoms with van der Waals surface area (Å²) in [4.78, 5) is 30.4. The third-order valence-electron chi connectivity index (χ3n) is 5.55. The van der Waals surface area contributed by atoms with E-state index in [0.29, 0.717) is 37.1 Å². The molecule has 1 fully saturated rings. The van der Waals surface area contributed by atoms with E-state index < -0.39 is 0 Å². The fraction of sp³-hybridized carbons (Fsp3) is 0.261. The summed E-state index contributed by atoms with van der Waals surface area (Å²) in [7, 11) is 0. The van der Waals surface area contributed by atoms with Crippen LogP contribution in [0.2, 0.25) is 0 Å². The molecule has 0 atom stereocenters. The number of aromatic nitrogens is 1. The van der Waals surface area contributed by atoms with Crippen LogP contribution in [0.15, 0.2) is 54.7 Å². The zero-order valence-corrected chi connectivity index (χ0v) is 15.9. The van der Waals surface area contributed by atoms with Crippen LogP contribution in [0.3, 0.4) is 0 Å². The van der Waals surface area contributed by atoms with Crippen LogP contribution in [0.25, 0.3) is 10.9 Å². The number of anilines is 1. The molecule has 1 aromatic heterocycles. The average molecular weight is 374 g/mol. The topological polar surface area (TPSA) is 77.5 Å². The Morgan fingerprint density at radius 3 is 2.46 bits per heavy atom. The zero-order chi connectivity index (χ0) is 19.7. The van der Waals surface area contributed by atoms with Crippen molar-refractivity contribution in [2.24, 2.45) is 11.7 Å². The second kappa shape index (κ2) is 7.43. The number of carbonyl (C=O) groups excluding carboxylic acids is 2. The van der Waals surface area contributed by atoms with E-state index in [0.717, 1.165) is 22.2 Å². The Morgan fingerprint density at radius 1 is 1.07 bits per heavy atom. The summed E-state index contributed by atoms with van der Waals surface area (Å²) in [5.41, 5.74) is 9.88. The number of ketones is 1. The van der Waals surface area contributed by atoms with Gasteiger partial charge >= 0.3 is 0 Å². The number of benzene rings is 2. The number of rotatable bonds is 4. The molecule has 2 heterocycles. The highest BCUT2D eigenvalue weighted by Gasteiger charge is 2.29. The zero-order valence-electron chi connectivity index (χ0n) is 15.9. The van der Waals surface area contributed by atoms with E-state index in [1.165, 1.54) is 0 Å². The molecule has 2 aromatic carbocycles. The van der Waals surface area contributed by atoms with Crippen LogP contribution in [-0.2, 0) is 4.79 Å². The van der Waals surface area contributed by atoms with Crippen LogP contribution in [0, 0.1) is 12.8 Å². The van der Waals surface area contributed by atoms with Crippen molar-refractivity contribution in [2.75, 3.05) is 18.0 Å². The molecule has 28 heavy (non-hydrogen) atoms. The molecule has 0 spiro atoms. The normalized spacial score (nSPS) is 15.0. The van der Waals surface area contributed by atoms with Crippen molar-refractivity contribution in [2.45, 2.75) is 19.8 Å². The lowest BCUT2D eigenvalue weighted by Crippen LogP contribution is -2.39. The van der Waals surface area contributed by atoms with Gasteiger partial charge in [-0.05, 0) is 31.4 Å². The van der Waals surface area contributed by atoms with Gasteiger partial charge in [0.1, 0.15) is 5.56 Å². The Morgan fingerprint density at radius 2 is 1.79 bits per heavy atom. The highest BCUT2D eigenvalue weighted by Crippen LogP contribution is 2.33. The summed E-state index contributed by atoms with van der Waals surface area (Å²) in [5.74, 6) is -0.331. The molecule has 5 heteroatoms. The van der Waals surface area contributed by atoms with E-state index in [1.807, 2.05) is 49.5 Å². The van der Waals surface area contributed by atoms with Gasteiger partial charge in [0.15, 0.2) is 6.20 Å². The summed E-state index contributed by atoms with van der Waals surface area (Å²) in [6, 6.07) is 15.5. The lowest BCUT2D eigenvalue weighted by molar-refractivity contribution is -0.344. The first-order valence-corrected chi connectivity index (χ1v) is 9.63. The standard InChI is InChI=1S/C23H23N3O2/c1-15-7-8-20-18(13-15)21(26-11-9-17(10-12-26)23(24)28)19(14-25-20)22(27)16-5-3-2-4-6-16/h2-8,13-14,17H,9-12H2,1H3,(H2,24,28)/p+1. The van der Waals surface area contributed by atoms with Crippen LogP contribution in [0.4, 0.5) is 5.69 Å². The predicted molar refractivity (Wildman–Crippen MR) is 109 cm³/mol. The van der Waals surface area contributed by atoms with Crippen molar-refractivity contribution in [3.05, 3.63) is 71.4 Å². The number of piperidine rings is 1. The number of nitrogens with one attached hydrogen (secondary N) is 1. The highest BCUT2D eigenvalue weighted by atomic mass is 16.1. The van der Waals surface area contributed by atoms with Gasteiger partial charge in [0.2, 0.25) is 17.2 Å². The molecule has 0 radical (unpaired) electrons. The van der Waals surface area contributed by atoms with Crippen molar-refractivity contribution >= 4 is 28.3 Å². The van der Waals surface area contributed by atoms with Crippen LogP contribution in [-0.4, -0.2) is 24.8 Å². The van der Waals surface area contributed by atoms with Crippen molar-refractivity contribution in [3.8, 4) is 0 Å². The number of primary amides is 1. The quantitative estimate of drug-likeness (QED) is 0.713. The Hall–Kier alpha value is -3.21. The third-order valence-corrected chi connectivity index (χ3v) is 5.55. The molecule has 1 amide bonds. The number of fused-ring (bicyclic) bond motifs is 1. The fourth-order valence-electron chi connectivity index (χ4n) is 3.99. The first kappa shape index (κ1) is 18.2. The molecule has 0 saturated carbocycles. The van der Waals surface area contributed by atoms with Crippen molar-refractivity contribution in [1.29, 1.82) is 0 Å². The SMILES string of the molecule is Cc1ccc2[nH+]cc(C(=O)c3ccccc3)c(N3CCC(C(N)=O)CC3)c2c1. The lowest BCUT2D eigenvalue weighted by atomic mass is 9.93. The molecule has 1 aliphatic heterocycles. The van der Waals surface area contributed by atoms with Gasteiger partial charge < -0.3 is 10.6 Å². The molecule has 4 rings (SSSR count). The summed E-state index contributed by atoms with van der Waals surface area (Å²) in [6.45, 7) is 3.46. The van der Waals surface area contributed by atoms with E-state index in [9.17, 15) is 9.59 Å². The number of hydrogen-bond acceptors (Lipinski definition) is 3. The second-order valence-corrected chi connectivity index (χ2v) is 7.46. The number of hydrogen-bond donors (Lipinski definition) is 1. The van der Waals surface area contributed by atoms with Crippen LogP contribution in [0.5, 0.6) is 0 Å². The molecule has 3 N–H and O–H groups in total. The Balaban J connectivity index is 1.83. The minimum Gasteiger partial charge on any atom is -0.370 e. The molecule has 0 unspecified atom stereocenters. The highest BCUT2D eigenvalue weighted by molar-refractivity contribution is 6.15. The van der Waals surface area contributed by atoms with Gasteiger partial charge in [-0.15, -0.1) is 0 Å². The molecule has 5 nitrogen and oxygen atoms in total. The van der Waals surface area contributed by atoms with Crippen molar-refractivity contribution in [1.82, 2.24) is 0 Å². The molecule has 1 aliphatic rings. The Kier molecular flexibility index (Phi) is 4.82. The number of aryl methyl sites for hydroxylation is 1. The maximum atomic E-state index is 13.3. The van der Waals surface area contributed by atoms with E-state index in [1.54, 1.807) is 0 Å². The van der Waals surface area contributed by atoms with E-state index in [-0.39, 0.29) is 17.6 Å². The van der Waals surface area contributed by atoms with E-state index >= 15 is 0 Å². The first-order valence-electron chi connectivity index (χ1n) is 9.63. The molecule has 1 saturated heterocycles. The first-order chi connectivity index (χ1) is 13.5. The summed E-state index contributed by atoms with van der Waals surface area (Å²) in [5, 5.41) is 1.03. The summed E-state index contributed by atoms with van der Waals surface area (Å²) in [6.07, 6.45) is 3.23. The fourth-order valence-corrected chi connectivity index (χ4v) is 3.99. The summed E-state index contributed by atoms with van der Waals surface area (Å²) < 4.78 is 0. The van der Waals surface area contributed by atoms with Gasteiger partial charge in [-0.2, -0.15) is 0 Å². The van der Waals surface area contributed by atoms with Gasteiger partial charge in [0, 0.05) is 30.6 Å². The number of carbonyl (C=O) groups is 2. The smallest absolute Gasteiger partial charge is 0.220 e.